The molecule has 0 aliphatic rings. The second-order valence-electron chi connectivity index (χ2n) is 6.25. The number of hydrogen-bond donors (Lipinski definition) is 0. The molecule has 5 nitrogen and oxygen atoms in total. The molecule has 0 saturated heterocycles. The summed E-state index contributed by atoms with van der Waals surface area (Å²) in [7, 11) is 0. The zero-order valence-corrected chi connectivity index (χ0v) is 15.6. The number of carbonyl (C=O) groups is 1. The maximum absolute atomic E-state index is 12.7. The lowest BCUT2D eigenvalue weighted by molar-refractivity contribution is 0.0986. The largest absolute Gasteiger partial charge is 0.305 e. The van der Waals surface area contributed by atoms with Gasteiger partial charge in [0.2, 0.25) is 0 Å². The average Bonchev–Trinajstić information content (AvgIpc) is 3.15. The summed E-state index contributed by atoms with van der Waals surface area (Å²) in [6.45, 7) is 8.47. The van der Waals surface area contributed by atoms with Gasteiger partial charge in [-0.15, -0.1) is 6.42 Å². The van der Waals surface area contributed by atoms with E-state index in [1.165, 1.54) is 22.5 Å². The second kappa shape index (κ2) is 6.69. The first-order valence-electron chi connectivity index (χ1n) is 8.09. The van der Waals surface area contributed by atoms with Crippen molar-refractivity contribution >= 4 is 27.5 Å². The van der Waals surface area contributed by atoms with Crippen molar-refractivity contribution in [1.82, 2.24) is 14.3 Å². The molecule has 1 aromatic carbocycles. The van der Waals surface area contributed by atoms with Crippen LogP contribution in [0.5, 0.6) is 0 Å². The number of aromatic nitrogens is 3. The average molecular weight is 352 g/mol. The quantitative estimate of drug-likeness (QED) is 0.678. The Balaban J connectivity index is 2.18. The number of thiazole rings is 1. The minimum Gasteiger partial charge on any atom is -0.305 e. The van der Waals surface area contributed by atoms with Crippen LogP contribution in [0.25, 0.3) is 10.2 Å². The van der Waals surface area contributed by atoms with Crippen LogP contribution in [0, 0.1) is 26.2 Å². The molecule has 3 rings (SSSR count). The van der Waals surface area contributed by atoms with Gasteiger partial charge in [-0.2, -0.15) is 10.1 Å². The smallest absolute Gasteiger partial charge is 0.297 e. The number of carbonyl (C=O) groups excluding carboxylic acids is 1. The van der Waals surface area contributed by atoms with E-state index in [4.69, 9.17) is 6.42 Å². The summed E-state index contributed by atoms with van der Waals surface area (Å²) in [5, 5.41) is 4.20. The van der Waals surface area contributed by atoms with Crippen LogP contribution in [-0.2, 0) is 6.54 Å². The van der Waals surface area contributed by atoms with Gasteiger partial charge in [0.15, 0.2) is 4.80 Å². The standard InChI is InChI=1S/C19H20N4OS/c1-6-9-22-16-10-13(4)14(5)11-17(16)25-19(22)21-18(24)15-7-8-20-23(15)12(2)3/h1,7-8,10-12H,9H2,2-5H3. The van der Waals surface area contributed by atoms with E-state index in [9.17, 15) is 4.79 Å². The molecule has 0 spiro atoms. The molecular weight excluding hydrogens is 332 g/mol. The first kappa shape index (κ1) is 17.2. The summed E-state index contributed by atoms with van der Waals surface area (Å²) in [6, 6.07) is 6.00. The van der Waals surface area contributed by atoms with Crippen molar-refractivity contribution < 1.29 is 4.79 Å². The molecule has 128 valence electrons. The van der Waals surface area contributed by atoms with Crippen LogP contribution in [0.4, 0.5) is 0 Å². The third-order valence-electron chi connectivity index (χ3n) is 4.12. The lowest BCUT2D eigenvalue weighted by Gasteiger charge is -2.07. The predicted molar refractivity (Wildman–Crippen MR) is 101 cm³/mol. The summed E-state index contributed by atoms with van der Waals surface area (Å²) >= 11 is 1.48. The Morgan fingerprint density at radius 3 is 2.76 bits per heavy atom. The van der Waals surface area contributed by atoms with Crippen molar-refractivity contribution in [3.8, 4) is 12.3 Å². The summed E-state index contributed by atoms with van der Waals surface area (Å²) in [4.78, 5) is 17.6. The lowest BCUT2D eigenvalue weighted by atomic mass is 10.1. The van der Waals surface area contributed by atoms with Gasteiger partial charge in [0.25, 0.3) is 5.91 Å². The van der Waals surface area contributed by atoms with Crippen LogP contribution in [0.15, 0.2) is 29.4 Å². The van der Waals surface area contributed by atoms with Gasteiger partial charge in [-0.25, -0.2) is 0 Å². The molecule has 0 fully saturated rings. The van der Waals surface area contributed by atoms with E-state index in [1.807, 2.05) is 18.4 Å². The maximum Gasteiger partial charge on any atom is 0.297 e. The van der Waals surface area contributed by atoms with E-state index in [-0.39, 0.29) is 11.9 Å². The summed E-state index contributed by atoms with van der Waals surface area (Å²) in [6.07, 6.45) is 7.15. The van der Waals surface area contributed by atoms with Crippen LogP contribution in [0.3, 0.4) is 0 Å². The molecule has 2 heterocycles. The first-order valence-corrected chi connectivity index (χ1v) is 8.90. The van der Waals surface area contributed by atoms with Crippen molar-refractivity contribution in [2.45, 2.75) is 40.3 Å². The molecule has 0 aliphatic carbocycles. The molecule has 25 heavy (non-hydrogen) atoms. The van der Waals surface area contributed by atoms with Gasteiger partial charge < -0.3 is 4.57 Å². The van der Waals surface area contributed by atoms with E-state index in [0.29, 0.717) is 17.0 Å². The number of terminal acetylenes is 1. The van der Waals surface area contributed by atoms with Crippen LogP contribution in [-0.4, -0.2) is 20.3 Å². The molecule has 1 amide bonds. The molecule has 0 radical (unpaired) electrons. The fraction of sp³-hybridized carbons (Fsp3) is 0.316. The second-order valence-corrected chi connectivity index (χ2v) is 7.26. The van der Waals surface area contributed by atoms with Gasteiger partial charge in [0, 0.05) is 12.2 Å². The van der Waals surface area contributed by atoms with Crippen LogP contribution >= 0.6 is 11.3 Å². The maximum atomic E-state index is 12.7. The molecule has 0 atom stereocenters. The fourth-order valence-electron chi connectivity index (χ4n) is 2.69. The van der Waals surface area contributed by atoms with Gasteiger partial charge >= 0.3 is 0 Å². The summed E-state index contributed by atoms with van der Waals surface area (Å²) < 4.78 is 4.67. The summed E-state index contributed by atoms with van der Waals surface area (Å²) in [5.41, 5.74) is 3.88. The number of nitrogens with zero attached hydrogens (tertiary/aromatic N) is 4. The molecule has 0 aliphatic heterocycles. The van der Waals surface area contributed by atoms with Gasteiger partial charge in [0.05, 0.1) is 16.8 Å². The lowest BCUT2D eigenvalue weighted by Crippen LogP contribution is -2.18. The Bertz CT molecular complexity index is 1060. The Labute approximate surface area is 150 Å². The third kappa shape index (κ3) is 3.15. The van der Waals surface area contributed by atoms with E-state index in [0.717, 1.165) is 10.2 Å². The molecular formula is C19H20N4OS. The topological polar surface area (TPSA) is 52.2 Å². The highest BCUT2D eigenvalue weighted by Gasteiger charge is 2.15. The van der Waals surface area contributed by atoms with E-state index in [2.05, 4.69) is 42.0 Å². The number of aryl methyl sites for hydroxylation is 2. The molecule has 2 aromatic heterocycles. The number of amides is 1. The highest BCUT2D eigenvalue weighted by Crippen LogP contribution is 2.22. The number of fused-ring (bicyclic) bond motifs is 1. The summed E-state index contributed by atoms with van der Waals surface area (Å²) in [5.74, 6) is 2.35. The van der Waals surface area contributed by atoms with Crippen molar-refractivity contribution in [3.63, 3.8) is 0 Å². The van der Waals surface area contributed by atoms with Gasteiger partial charge in [0.1, 0.15) is 5.69 Å². The molecule has 0 N–H and O–H groups in total. The zero-order chi connectivity index (χ0) is 18.1. The number of rotatable bonds is 3. The fourth-order valence-corrected chi connectivity index (χ4v) is 3.80. The minimum atomic E-state index is -0.308. The van der Waals surface area contributed by atoms with Crippen molar-refractivity contribution in [3.05, 3.63) is 46.0 Å². The molecule has 0 saturated carbocycles. The van der Waals surface area contributed by atoms with Crippen molar-refractivity contribution in [2.75, 3.05) is 0 Å². The molecule has 3 aromatic rings. The first-order chi connectivity index (χ1) is 11.9. The zero-order valence-electron chi connectivity index (χ0n) is 14.8. The highest BCUT2D eigenvalue weighted by atomic mass is 32.1. The van der Waals surface area contributed by atoms with Gasteiger partial charge in [-0.05, 0) is 57.0 Å². The Morgan fingerprint density at radius 1 is 1.36 bits per heavy atom. The van der Waals surface area contributed by atoms with Crippen LogP contribution < -0.4 is 4.80 Å². The number of benzene rings is 1. The van der Waals surface area contributed by atoms with Crippen LogP contribution in [0.2, 0.25) is 0 Å². The SMILES string of the molecule is C#CCn1c(=NC(=O)c2ccnn2C(C)C)sc2cc(C)c(C)cc21. The third-order valence-corrected chi connectivity index (χ3v) is 5.16. The van der Waals surface area contributed by atoms with E-state index >= 15 is 0 Å². The normalized spacial score (nSPS) is 12.1. The van der Waals surface area contributed by atoms with Crippen molar-refractivity contribution in [1.29, 1.82) is 0 Å². The Kier molecular flexibility index (Phi) is 4.60. The molecule has 0 unspecified atom stereocenters. The molecule has 6 heteroatoms. The van der Waals surface area contributed by atoms with Gasteiger partial charge in [-0.3, -0.25) is 9.48 Å². The molecule has 0 bridgehead atoms. The number of hydrogen-bond acceptors (Lipinski definition) is 3. The Hall–Kier alpha value is -2.65. The van der Waals surface area contributed by atoms with Crippen molar-refractivity contribution in [2.24, 2.45) is 4.99 Å². The monoisotopic (exact) mass is 352 g/mol. The van der Waals surface area contributed by atoms with E-state index < -0.39 is 0 Å². The minimum absolute atomic E-state index is 0.0923. The van der Waals surface area contributed by atoms with E-state index in [1.54, 1.807) is 16.9 Å². The van der Waals surface area contributed by atoms with Gasteiger partial charge in [-0.1, -0.05) is 17.3 Å². The highest BCUT2D eigenvalue weighted by molar-refractivity contribution is 7.16. The predicted octanol–water partition coefficient (Wildman–Crippen LogP) is 3.47. The van der Waals surface area contributed by atoms with Crippen LogP contribution in [0.1, 0.15) is 41.5 Å². The Morgan fingerprint density at radius 2 is 2.08 bits per heavy atom.